The first-order chi connectivity index (χ1) is 13.7. The number of aromatic nitrogens is 7. The van der Waals surface area contributed by atoms with Crippen molar-refractivity contribution in [1.82, 2.24) is 34.1 Å². The van der Waals surface area contributed by atoms with Crippen molar-refractivity contribution in [1.29, 1.82) is 0 Å². The Morgan fingerprint density at radius 3 is 2.89 bits per heavy atom. The van der Waals surface area contributed by atoms with Crippen molar-refractivity contribution in [2.75, 3.05) is 7.11 Å². The highest BCUT2D eigenvalue weighted by Crippen LogP contribution is 2.19. The summed E-state index contributed by atoms with van der Waals surface area (Å²) in [6, 6.07) is 11.4. The van der Waals surface area contributed by atoms with Crippen LogP contribution in [0.4, 0.5) is 0 Å². The fourth-order valence-corrected chi connectivity index (χ4v) is 3.22. The van der Waals surface area contributed by atoms with Gasteiger partial charge in [-0.15, -0.1) is 0 Å². The summed E-state index contributed by atoms with van der Waals surface area (Å²) in [5, 5.41) is 0. The maximum atomic E-state index is 12.5. The van der Waals surface area contributed by atoms with E-state index in [9.17, 15) is 4.79 Å². The molecule has 0 unspecified atom stereocenters. The monoisotopic (exact) mass is 373 g/mol. The smallest absolute Gasteiger partial charge is 0.328 e. The molecule has 9 nitrogen and oxygen atoms in total. The summed E-state index contributed by atoms with van der Waals surface area (Å²) in [5.74, 6) is 0.908. The maximum Gasteiger partial charge on any atom is 0.328 e. The van der Waals surface area contributed by atoms with Crippen molar-refractivity contribution in [2.45, 2.75) is 6.54 Å². The summed E-state index contributed by atoms with van der Waals surface area (Å²) in [4.78, 5) is 32.9. The third kappa shape index (κ3) is 2.52. The average Bonchev–Trinajstić information content (AvgIpc) is 3.29. The highest BCUT2D eigenvalue weighted by molar-refractivity contribution is 5.77. The molecule has 0 amide bonds. The Balaban J connectivity index is 1.66. The molecule has 0 fully saturated rings. The number of H-pyrrole nitrogens is 1. The van der Waals surface area contributed by atoms with Crippen LogP contribution >= 0.6 is 0 Å². The summed E-state index contributed by atoms with van der Waals surface area (Å²) in [7, 11) is 1.55. The molecule has 9 heteroatoms. The molecule has 0 atom stereocenters. The van der Waals surface area contributed by atoms with Crippen molar-refractivity contribution in [2.24, 2.45) is 0 Å². The number of ether oxygens (including phenoxy) is 1. The van der Waals surface area contributed by atoms with E-state index in [0.29, 0.717) is 23.0 Å². The molecule has 138 valence electrons. The molecule has 0 aliphatic carbocycles. The second-order valence-electron chi connectivity index (χ2n) is 6.20. The van der Waals surface area contributed by atoms with Gasteiger partial charge in [-0.3, -0.25) is 9.13 Å². The average molecular weight is 373 g/mol. The molecule has 4 heterocycles. The van der Waals surface area contributed by atoms with Crippen LogP contribution in [0.3, 0.4) is 0 Å². The van der Waals surface area contributed by atoms with Gasteiger partial charge in [0.05, 0.1) is 30.9 Å². The van der Waals surface area contributed by atoms with E-state index in [1.807, 2.05) is 30.3 Å². The largest absolute Gasteiger partial charge is 0.481 e. The Bertz CT molecular complexity index is 1370. The fraction of sp³-hybridized carbons (Fsp3) is 0.105. The van der Waals surface area contributed by atoms with Crippen LogP contribution in [0.15, 0.2) is 59.9 Å². The summed E-state index contributed by atoms with van der Waals surface area (Å²) >= 11 is 0. The van der Waals surface area contributed by atoms with Gasteiger partial charge in [0.2, 0.25) is 11.8 Å². The number of benzene rings is 1. The molecule has 1 aromatic carbocycles. The molecule has 1 N–H and O–H groups in total. The first-order valence-corrected chi connectivity index (χ1v) is 8.60. The lowest BCUT2D eigenvalue weighted by Crippen LogP contribution is -2.18. The van der Waals surface area contributed by atoms with Gasteiger partial charge >= 0.3 is 5.69 Å². The molecule has 5 rings (SSSR count). The number of rotatable bonds is 4. The van der Waals surface area contributed by atoms with Crippen LogP contribution in [0.5, 0.6) is 5.88 Å². The Morgan fingerprint density at radius 2 is 2.00 bits per heavy atom. The number of hydrogen-bond donors (Lipinski definition) is 1. The van der Waals surface area contributed by atoms with Crippen molar-refractivity contribution in [3.8, 4) is 11.8 Å². The zero-order valence-electron chi connectivity index (χ0n) is 14.9. The van der Waals surface area contributed by atoms with Gasteiger partial charge in [0.1, 0.15) is 11.8 Å². The standard InChI is InChI=1S/C19H15N7O2/c1-28-17-12(5-4-8-20-17)10-25-16-14(23-19(25)27)9-21-18(24-16)26-11-22-13-6-2-3-7-15(13)26/h2-9,11H,10H2,1H3,(H,23,27). The van der Waals surface area contributed by atoms with E-state index >= 15 is 0 Å². The van der Waals surface area contributed by atoms with Gasteiger partial charge in [-0.25, -0.2) is 19.7 Å². The predicted octanol–water partition coefficient (Wildman–Crippen LogP) is 1.91. The van der Waals surface area contributed by atoms with Gasteiger partial charge in [0.25, 0.3) is 0 Å². The Hall–Kier alpha value is -4.01. The number of methoxy groups -OCH3 is 1. The highest BCUT2D eigenvalue weighted by atomic mass is 16.5. The van der Waals surface area contributed by atoms with Crippen LogP contribution in [0, 0.1) is 0 Å². The lowest BCUT2D eigenvalue weighted by molar-refractivity contribution is 0.391. The number of nitrogens with one attached hydrogen (secondary N) is 1. The van der Waals surface area contributed by atoms with E-state index in [1.54, 1.807) is 41.0 Å². The molecule has 5 aromatic rings. The quantitative estimate of drug-likeness (QED) is 0.516. The van der Waals surface area contributed by atoms with E-state index in [4.69, 9.17) is 4.74 Å². The molecular weight excluding hydrogens is 358 g/mol. The maximum absolute atomic E-state index is 12.5. The molecule has 0 aliphatic rings. The second-order valence-corrected chi connectivity index (χ2v) is 6.20. The number of imidazole rings is 2. The van der Waals surface area contributed by atoms with Crippen molar-refractivity contribution in [3.63, 3.8) is 0 Å². The molecule has 0 aliphatic heterocycles. The van der Waals surface area contributed by atoms with Gasteiger partial charge in [0, 0.05) is 11.8 Å². The van der Waals surface area contributed by atoms with Crippen LogP contribution in [0.2, 0.25) is 0 Å². The topological polar surface area (TPSA) is 104 Å². The second kappa shape index (κ2) is 6.31. The number of pyridine rings is 1. The molecule has 0 saturated heterocycles. The molecule has 0 radical (unpaired) electrons. The van der Waals surface area contributed by atoms with Crippen molar-refractivity contribution >= 4 is 22.2 Å². The zero-order chi connectivity index (χ0) is 19.1. The number of aromatic amines is 1. The van der Waals surface area contributed by atoms with Crippen molar-refractivity contribution in [3.05, 3.63) is 71.2 Å². The van der Waals surface area contributed by atoms with E-state index in [0.717, 1.165) is 16.6 Å². The third-order valence-electron chi connectivity index (χ3n) is 4.54. The number of hydrogen-bond acceptors (Lipinski definition) is 6. The first kappa shape index (κ1) is 16.2. The van der Waals surface area contributed by atoms with Crippen LogP contribution in [0.1, 0.15) is 5.56 Å². The van der Waals surface area contributed by atoms with Crippen LogP contribution in [-0.2, 0) is 6.54 Å². The Morgan fingerprint density at radius 1 is 1.11 bits per heavy atom. The summed E-state index contributed by atoms with van der Waals surface area (Å²) in [6.07, 6.45) is 4.92. The Labute approximate surface area is 158 Å². The number of fused-ring (bicyclic) bond motifs is 2. The third-order valence-corrected chi connectivity index (χ3v) is 4.54. The van der Waals surface area contributed by atoms with Gasteiger partial charge < -0.3 is 9.72 Å². The minimum absolute atomic E-state index is 0.275. The van der Waals surface area contributed by atoms with Crippen LogP contribution in [0.25, 0.3) is 28.1 Å². The first-order valence-electron chi connectivity index (χ1n) is 8.60. The number of nitrogens with zero attached hydrogens (tertiary/aromatic N) is 6. The van der Waals surface area contributed by atoms with Crippen LogP contribution < -0.4 is 10.4 Å². The molecular formula is C19H15N7O2. The zero-order valence-corrected chi connectivity index (χ0v) is 14.9. The van der Waals surface area contributed by atoms with E-state index < -0.39 is 0 Å². The normalized spacial score (nSPS) is 11.3. The minimum Gasteiger partial charge on any atom is -0.481 e. The lowest BCUT2D eigenvalue weighted by Gasteiger charge is -2.08. The van der Waals surface area contributed by atoms with Gasteiger partial charge in [-0.1, -0.05) is 18.2 Å². The minimum atomic E-state index is -0.275. The van der Waals surface area contributed by atoms with Gasteiger partial charge in [0.15, 0.2) is 5.65 Å². The molecule has 28 heavy (non-hydrogen) atoms. The molecule has 0 bridgehead atoms. The molecule has 0 spiro atoms. The SMILES string of the molecule is COc1ncccc1Cn1c(=O)[nH]c2cnc(-n3cnc4ccccc43)nc21. The summed E-state index contributed by atoms with van der Waals surface area (Å²) in [5.41, 5.74) is 3.29. The van der Waals surface area contributed by atoms with E-state index in [-0.39, 0.29) is 12.2 Å². The van der Waals surface area contributed by atoms with E-state index in [1.165, 1.54) is 0 Å². The summed E-state index contributed by atoms with van der Waals surface area (Å²) in [6.45, 7) is 0.275. The number of para-hydroxylation sites is 2. The van der Waals surface area contributed by atoms with Crippen molar-refractivity contribution < 1.29 is 4.74 Å². The fourth-order valence-electron chi connectivity index (χ4n) is 3.22. The Kier molecular flexibility index (Phi) is 3.64. The molecule has 4 aromatic heterocycles. The summed E-state index contributed by atoms with van der Waals surface area (Å²) < 4.78 is 8.63. The molecule has 0 saturated carbocycles. The van der Waals surface area contributed by atoms with Gasteiger partial charge in [-0.2, -0.15) is 4.98 Å². The van der Waals surface area contributed by atoms with Gasteiger partial charge in [-0.05, 0) is 18.2 Å². The van der Waals surface area contributed by atoms with E-state index in [2.05, 4.69) is 24.9 Å². The predicted molar refractivity (Wildman–Crippen MR) is 103 cm³/mol. The van der Waals surface area contributed by atoms with Crippen LogP contribution in [-0.4, -0.2) is 41.2 Å². The lowest BCUT2D eigenvalue weighted by atomic mass is 10.2. The highest BCUT2D eigenvalue weighted by Gasteiger charge is 2.14.